The van der Waals surface area contributed by atoms with Crippen molar-refractivity contribution in [1.82, 2.24) is 14.5 Å². The van der Waals surface area contributed by atoms with Crippen LogP contribution in [0.3, 0.4) is 0 Å². The number of hydrogen-bond donors (Lipinski definition) is 3. The highest BCUT2D eigenvalue weighted by Gasteiger charge is 2.23. The van der Waals surface area contributed by atoms with E-state index in [-0.39, 0.29) is 5.43 Å². The van der Waals surface area contributed by atoms with Crippen molar-refractivity contribution in [2.45, 2.75) is 6.92 Å². The third-order valence-electron chi connectivity index (χ3n) is 9.08. The third-order valence-corrected chi connectivity index (χ3v) is 9.08. The largest absolute Gasteiger partial charge is 0.726 e. The van der Waals surface area contributed by atoms with Gasteiger partial charge in [0.15, 0.2) is 5.43 Å². The average Bonchev–Trinajstić information content (AvgIpc) is 3.15. The van der Waals surface area contributed by atoms with Gasteiger partial charge in [-0.15, -0.1) is 4.57 Å². The molecule has 0 atom stereocenters. The van der Waals surface area contributed by atoms with Crippen LogP contribution in [0.15, 0.2) is 126 Å². The van der Waals surface area contributed by atoms with Crippen LogP contribution < -0.4 is 19.8 Å². The van der Waals surface area contributed by atoms with Crippen LogP contribution >= 0.6 is 0 Å². The van der Waals surface area contributed by atoms with Gasteiger partial charge in [-0.25, -0.2) is 18.4 Å². The first-order chi connectivity index (χ1) is 27.3. The number of benzene rings is 6. The molecule has 0 radical (unpaired) electrons. The first-order valence-corrected chi connectivity index (χ1v) is 20.2. The minimum atomic E-state index is -4.92. The van der Waals surface area contributed by atoms with Gasteiger partial charge in [-0.2, -0.15) is 8.42 Å². The zero-order chi connectivity index (χ0) is 42.1. The van der Waals surface area contributed by atoms with Gasteiger partial charge in [-0.3, -0.25) is 18.5 Å². The number of hydrogen-bond acceptors (Lipinski definition) is 10. The number of aromatic nitrogens is 4. The highest BCUT2D eigenvalue weighted by Crippen LogP contribution is 2.38. The summed E-state index contributed by atoms with van der Waals surface area (Å²) in [5.74, 6) is 0. The zero-order valence-electron chi connectivity index (χ0n) is 31.8. The molecular weight excluding hydrogens is 785 g/mol. The maximum atomic E-state index is 12.9. The van der Waals surface area contributed by atoms with Crippen molar-refractivity contribution in [2.24, 2.45) is 0 Å². The molecule has 8 rings (SSSR count). The zero-order valence-corrected chi connectivity index (χ0v) is 33.5. The Labute approximate surface area is 334 Å². The SMILES string of the molecule is Cc1cc2nc3cc(-c4ccc5nc6ccc(N(C)C)cc6[n+](-c6ccccc6)c5c4)c(N(C)C)cc3n(-c3ccccc3)c-2cc1=O.O=S(=O)(O)O.O=S(=O)([O-])O. The Balaban J connectivity index is 0.000000509. The number of fused-ring (bicyclic) bond motifs is 4. The molecule has 1 aliphatic carbocycles. The highest BCUT2D eigenvalue weighted by atomic mass is 32.3. The quantitative estimate of drug-likeness (QED) is 0.0797. The predicted octanol–water partition coefficient (Wildman–Crippen LogP) is 5.93. The fourth-order valence-corrected chi connectivity index (χ4v) is 6.62. The lowest BCUT2D eigenvalue weighted by molar-refractivity contribution is -0.538. The van der Waals surface area contributed by atoms with E-state index >= 15 is 0 Å². The molecule has 298 valence electrons. The van der Waals surface area contributed by atoms with E-state index in [2.05, 4.69) is 132 Å². The molecule has 2 heterocycles. The van der Waals surface area contributed by atoms with Crippen molar-refractivity contribution in [2.75, 3.05) is 38.0 Å². The molecule has 5 aromatic carbocycles. The summed E-state index contributed by atoms with van der Waals surface area (Å²) in [5.41, 5.74) is 14.2. The van der Waals surface area contributed by atoms with Gasteiger partial charge in [-0.1, -0.05) is 42.5 Å². The summed E-state index contributed by atoms with van der Waals surface area (Å²) in [6.07, 6.45) is 0. The maximum absolute atomic E-state index is 12.9. The summed E-state index contributed by atoms with van der Waals surface area (Å²) < 4.78 is 68.9. The Kier molecular flexibility index (Phi) is 11.6. The van der Waals surface area contributed by atoms with Crippen molar-refractivity contribution in [3.05, 3.63) is 137 Å². The molecule has 0 saturated carbocycles. The molecule has 0 unspecified atom stereocenters. The van der Waals surface area contributed by atoms with Gasteiger partial charge in [0.1, 0.15) is 11.0 Å². The smallest absolute Gasteiger partial charge is 0.394 e. The standard InChI is InChI=1S/C41H35N6O.2H2O4S/c1-26-20-34-40(25-41(26)48)47(29-14-10-7-11-15-29)39-24-36(45(4)5)31(23-35(39)43-34)27-16-18-32-37(21-27)46(28-12-8-6-9-13-28)38-22-30(44(2)3)17-19-33(38)42-32;2*1-5(2,3)4/h6-25H,1-5H3;2*(H2,1,2,3,4)/q+1;;/p-1. The summed E-state index contributed by atoms with van der Waals surface area (Å²) in [6, 6.07) is 41.5. The van der Waals surface area contributed by atoms with Gasteiger partial charge in [-0.05, 0) is 66.6 Å². The Morgan fingerprint density at radius 2 is 1.24 bits per heavy atom. The molecule has 15 nitrogen and oxygen atoms in total. The molecule has 17 heteroatoms. The summed E-state index contributed by atoms with van der Waals surface area (Å²) in [7, 11) is -1.34. The molecule has 1 aliphatic heterocycles. The van der Waals surface area contributed by atoms with Crippen molar-refractivity contribution in [1.29, 1.82) is 0 Å². The first kappa shape index (κ1) is 41.3. The van der Waals surface area contributed by atoms with Crippen molar-refractivity contribution in [3.63, 3.8) is 0 Å². The van der Waals surface area contributed by atoms with E-state index < -0.39 is 20.8 Å². The highest BCUT2D eigenvalue weighted by molar-refractivity contribution is 7.80. The number of aryl methyl sites for hydroxylation is 1. The first-order valence-electron chi connectivity index (χ1n) is 17.4. The molecule has 0 saturated heterocycles. The predicted molar refractivity (Wildman–Crippen MR) is 224 cm³/mol. The van der Waals surface area contributed by atoms with Gasteiger partial charge in [0, 0.05) is 81.1 Å². The van der Waals surface area contributed by atoms with Crippen molar-refractivity contribution >= 4 is 65.3 Å². The molecule has 1 aromatic heterocycles. The topological polar surface area (TPSA) is 210 Å². The molecule has 2 aliphatic rings. The lowest BCUT2D eigenvalue weighted by atomic mass is 9.99. The second-order valence-electron chi connectivity index (χ2n) is 13.6. The van der Waals surface area contributed by atoms with Gasteiger partial charge in [0.25, 0.3) is 0 Å². The second-order valence-corrected chi connectivity index (χ2v) is 15.3. The molecule has 58 heavy (non-hydrogen) atoms. The van der Waals surface area contributed by atoms with Crippen LogP contribution in [0.1, 0.15) is 5.56 Å². The summed E-state index contributed by atoms with van der Waals surface area (Å²) in [6.45, 7) is 1.84. The van der Waals surface area contributed by atoms with Crippen molar-refractivity contribution in [3.8, 4) is 33.9 Å². The minimum absolute atomic E-state index is 0.000459. The van der Waals surface area contributed by atoms with E-state index in [1.807, 2.05) is 37.3 Å². The van der Waals surface area contributed by atoms with Crippen LogP contribution in [0, 0.1) is 6.92 Å². The number of nitrogens with zero attached hydrogens (tertiary/aromatic N) is 6. The molecule has 0 amide bonds. The normalized spacial score (nSPS) is 11.5. The molecule has 6 aromatic rings. The molecule has 3 N–H and O–H groups in total. The lowest BCUT2D eigenvalue weighted by Crippen LogP contribution is -2.33. The van der Waals surface area contributed by atoms with Gasteiger partial charge in [0.2, 0.25) is 27.1 Å². The Morgan fingerprint density at radius 3 is 1.83 bits per heavy atom. The van der Waals surface area contributed by atoms with Gasteiger partial charge in [0.05, 0.1) is 22.4 Å². The number of anilines is 2. The second kappa shape index (κ2) is 16.3. The van der Waals surface area contributed by atoms with Crippen LogP contribution in [-0.2, 0) is 20.8 Å². The van der Waals surface area contributed by atoms with E-state index in [1.54, 1.807) is 6.07 Å². The van der Waals surface area contributed by atoms with E-state index in [1.165, 1.54) is 0 Å². The summed E-state index contributed by atoms with van der Waals surface area (Å²) in [4.78, 5) is 27.4. The fraction of sp³-hybridized carbons (Fsp3) is 0.122. The van der Waals surface area contributed by atoms with E-state index in [0.29, 0.717) is 5.56 Å². The van der Waals surface area contributed by atoms with E-state index in [4.69, 9.17) is 45.0 Å². The molecule has 0 spiro atoms. The van der Waals surface area contributed by atoms with Crippen molar-refractivity contribution < 1.29 is 39.6 Å². The van der Waals surface area contributed by atoms with Crippen LogP contribution in [0.2, 0.25) is 0 Å². The van der Waals surface area contributed by atoms with Crippen LogP contribution in [0.5, 0.6) is 0 Å². The van der Waals surface area contributed by atoms with E-state index in [0.717, 1.165) is 78.4 Å². The van der Waals surface area contributed by atoms with Crippen LogP contribution in [-0.4, -0.2) is 77.8 Å². The Bertz CT molecular complexity index is 3020. The molecule has 0 bridgehead atoms. The average molecular weight is 823 g/mol. The van der Waals surface area contributed by atoms with E-state index in [9.17, 15) is 4.79 Å². The fourth-order valence-electron chi connectivity index (χ4n) is 6.62. The number of para-hydroxylation sites is 2. The third kappa shape index (κ3) is 9.43. The van der Waals surface area contributed by atoms with Gasteiger partial charge >= 0.3 is 10.4 Å². The van der Waals surface area contributed by atoms with Crippen LogP contribution in [0.25, 0.3) is 67.0 Å². The molecular formula is C41H38N6O9S2. The monoisotopic (exact) mass is 822 g/mol. The Morgan fingerprint density at radius 1 is 0.672 bits per heavy atom. The molecule has 0 fully saturated rings. The minimum Gasteiger partial charge on any atom is -0.726 e. The summed E-state index contributed by atoms with van der Waals surface area (Å²) >= 11 is 0. The maximum Gasteiger partial charge on any atom is 0.394 e. The Hall–Kier alpha value is -6.34. The number of rotatable bonds is 5. The van der Waals surface area contributed by atoms with Gasteiger partial charge < -0.3 is 18.9 Å². The van der Waals surface area contributed by atoms with Crippen LogP contribution in [0.4, 0.5) is 11.4 Å². The lowest BCUT2D eigenvalue weighted by Gasteiger charge is -2.23. The summed E-state index contributed by atoms with van der Waals surface area (Å²) in [5, 5.41) is 0.